The molecule has 0 saturated heterocycles. The van der Waals surface area contributed by atoms with E-state index in [1.54, 1.807) is 0 Å². The Morgan fingerprint density at radius 3 is 1.94 bits per heavy atom. The van der Waals surface area contributed by atoms with Crippen LogP contribution in [0.3, 0.4) is 0 Å². The highest BCUT2D eigenvalue weighted by Gasteiger charge is 2.67. The van der Waals surface area contributed by atoms with Gasteiger partial charge in [0, 0.05) is 4.83 Å². The van der Waals surface area contributed by atoms with Gasteiger partial charge in [0.25, 0.3) is 0 Å². The van der Waals surface area contributed by atoms with Gasteiger partial charge in [0.05, 0.1) is 14.1 Å². The summed E-state index contributed by atoms with van der Waals surface area (Å²) in [5.41, 5.74) is 4.07. The fraction of sp³-hybridized carbons (Fsp3) is 0.800. The second kappa shape index (κ2) is 3.93. The van der Waals surface area contributed by atoms with E-state index in [0.717, 1.165) is 6.42 Å². The van der Waals surface area contributed by atoms with Crippen LogP contribution in [0, 0.1) is 10.8 Å². The predicted octanol–water partition coefficient (Wildman–Crippen LogP) is 2.20. The number of amides is 2. The highest BCUT2D eigenvalue weighted by molar-refractivity contribution is 9.25. The molecule has 17 heavy (non-hydrogen) atoms. The van der Waals surface area contributed by atoms with E-state index in [-0.39, 0.29) is 19.9 Å². The second-order valence-electron chi connectivity index (χ2n) is 5.21. The van der Waals surface area contributed by atoms with Gasteiger partial charge < -0.3 is 0 Å². The van der Waals surface area contributed by atoms with Gasteiger partial charge in [-0.3, -0.25) is 20.4 Å². The van der Waals surface area contributed by atoms with Gasteiger partial charge in [-0.1, -0.05) is 47.8 Å². The summed E-state index contributed by atoms with van der Waals surface area (Å²) in [6, 6.07) is 0. The van der Waals surface area contributed by atoms with Crippen molar-refractivity contribution in [3.05, 3.63) is 0 Å². The fourth-order valence-electron chi connectivity index (χ4n) is 1.59. The fourth-order valence-corrected chi connectivity index (χ4v) is 3.95. The van der Waals surface area contributed by atoms with Crippen LogP contribution in [0.15, 0.2) is 0 Å². The summed E-state index contributed by atoms with van der Waals surface area (Å²) in [5.74, 6) is -0.332. The van der Waals surface area contributed by atoms with E-state index in [4.69, 9.17) is 0 Å². The van der Waals surface area contributed by atoms with Gasteiger partial charge >= 0.3 is 0 Å². The summed E-state index contributed by atoms with van der Waals surface area (Å²) >= 11 is 10.2. The number of alkyl halides is 3. The average molecular weight is 433 g/mol. The molecule has 7 heteroatoms. The van der Waals surface area contributed by atoms with Crippen molar-refractivity contribution in [1.82, 2.24) is 10.9 Å². The van der Waals surface area contributed by atoms with Crippen molar-refractivity contribution < 1.29 is 9.59 Å². The smallest absolute Gasteiger partial charge is 0.246 e. The van der Waals surface area contributed by atoms with Crippen molar-refractivity contribution in [2.45, 2.75) is 34.7 Å². The maximum atomic E-state index is 11.9. The summed E-state index contributed by atoms with van der Waals surface area (Å²) in [6.07, 6.45) is 1.49. The van der Waals surface area contributed by atoms with Crippen LogP contribution in [-0.4, -0.2) is 19.9 Å². The molecule has 2 saturated carbocycles. The molecule has 2 amide bonds. The highest BCUT2D eigenvalue weighted by atomic mass is 79.9. The largest absolute Gasteiger partial charge is 0.273 e. The first kappa shape index (κ1) is 13.8. The molecule has 2 aliphatic carbocycles. The lowest BCUT2D eigenvalue weighted by Gasteiger charge is -2.15. The number of halogens is 3. The Labute approximate surface area is 125 Å². The first-order chi connectivity index (χ1) is 7.63. The quantitative estimate of drug-likeness (QED) is 0.519. The zero-order valence-corrected chi connectivity index (χ0v) is 14.2. The van der Waals surface area contributed by atoms with Crippen LogP contribution in [0.2, 0.25) is 0 Å². The van der Waals surface area contributed by atoms with E-state index in [9.17, 15) is 9.59 Å². The van der Waals surface area contributed by atoms with Gasteiger partial charge in [0.2, 0.25) is 11.8 Å². The van der Waals surface area contributed by atoms with Crippen LogP contribution in [0.4, 0.5) is 0 Å². The lowest BCUT2D eigenvalue weighted by molar-refractivity contribution is -0.133. The minimum absolute atomic E-state index is 0.147. The first-order valence-corrected chi connectivity index (χ1v) is 7.76. The Hall–Kier alpha value is 0.380. The van der Waals surface area contributed by atoms with Gasteiger partial charge in [-0.2, -0.15) is 0 Å². The summed E-state index contributed by atoms with van der Waals surface area (Å²) in [5, 5.41) is 0. The Bertz CT molecular complexity index is 401. The molecule has 0 heterocycles. The number of carbonyl (C=O) groups excluding carboxylic acids is 2. The molecule has 96 valence electrons. The van der Waals surface area contributed by atoms with Crippen molar-refractivity contribution in [2.75, 3.05) is 0 Å². The molecule has 0 aromatic heterocycles. The van der Waals surface area contributed by atoms with Gasteiger partial charge in [-0.15, -0.1) is 0 Å². The molecule has 2 rings (SSSR count). The number of rotatable bonds is 2. The van der Waals surface area contributed by atoms with Gasteiger partial charge in [0.1, 0.15) is 0 Å². The lowest BCUT2D eigenvalue weighted by Crippen LogP contribution is -2.48. The van der Waals surface area contributed by atoms with Gasteiger partial charge in [-0.05, 0) is 26.7 Å². The van der Waals surface area contributed by atoms with E-state index < -0.39 is 10.8 Å². The SMILES string of the molecule is C[C@]1(C(=O)NNC(=O)[C@@]2(C)CC2(Br)Br)C[C@H]1Br. The Morgan fingerprint density at radius 1 is 1.18 bits per heavy atom. The third kappa shape index (κ3) is 2.18. The molecule has 2 N–H and O–H groups in total. The molecular weight excluding hydrogens is 420 g/mol. The number of nitrogens with one attached hydrogen (secondary N) is 2. The monoisotopic (exact) mass is 430 g/mol. The molecule has 0 aliphatic heterocycles. The summed E-state index contributed by atoms with van der Waals surface area (Å²) < 4.78 is -0.344. The zero-order chi connectivity index (χ0) is 13.1. The molecule has 2 aliphatic rings. The van der Waals surface area contributed by atoms with Crippen LogP contribution >= 0.6 is 47.8 Å². The normalized spacial score (nSPS) is 41.6. The van der Waals surface area contributed by atoms with Gasteiger partial charge in [-0.25, -0.2) is 0 Å². The van der Waals surface area contributed by atoms with Gasteiger partial charge in [0.15, 0.2) is 0 Å². The van der Waals surface area contributed by atoms with E-state index in [0.29, 0.717) is 6.42 Å². The van der Waals surface area contributed by atoms with Crippen molar-refractivity contribution in [3.63, 3.8) is 0 Å². The molecule has 2 fully saturated rings. The van der Waals surface area contributed by atoms with E-state index >= 15 is 0 Å². The molecule has 0 aromatic rings. The minimum Gasteiger partial charge on any atom is -0.273 e. The molecule has 0 radical (unpaired) electrons. The summed E-state index contributed by atoms with van der Waals surface area (Å²) in [7, 11) is 0. The zero-order valence-electron chi connectivity index (χ0n) is 9.44. The third-order valence-electron chi connectivity index (χ3n) is 3.70. The number of hydrogen-bond acceptors (Lipinski definition) is 2. The average Bonchev–Trinajstić information content (AvgIpc) is 2.99. The molecule has 0 bridgehead atoms. The highest BCUT2D eigenvalue weighted by Crippen LogP contribution is 2.66. The second-order valence-corrected chi connectivity index (χ2v) is 10.1. The Kier molecular flexibility index (Phi) is 3.19. The first-order valence-electron chi connectivity index (χ1n) is 5.26. The van der Waals surface area contributed by atoms with E-state index in [2.05, 4.69) is 58.6 Å². The maximum Gasteiger partial charge on any atom is 0.246 e. The summed E-state index contributed by atoms with van der Waals surface area (Å²) in [6.45, 7) is 3.70. The lowest BCUT2D eigenvalue weighted by atomic mass is 10.1. The molecular formula is C10H13Br3N2O2. The molecule has 3 atom stereocenters. The van der Waals surface area contributed by atoms with Crippen molar-refractivity contribution in [3.8, 4) is 0 Å². The van der Waals surface area contributed by atoms with Crippen molar-refractivity contribution in [1.29, 1.82) is 0 Å². The van der Waals surface area contributed by atoms with Crippen molar-refractivity contribution in [2.24, 2.45) is 10.8 Å². The molecule has 0 aromatic carbocycles. The number of hydrazine groups is 1. The molecule has 4 nitrogen and oxygen atoms in total. The van der Waals surface area contributed by atoms with Crippen LogP contribution in [0.1, 0.15) is 26.7 Å². The minimum atomic E-state index is -0.515. The van der Waals surface area contributed by atoms with Crippen molar-refractivity contribution >= 4 is 59.6 Å². The Morgan fingerprint density at radius 2 is 1.59 bits per heavy atom. The van der Waals surface area contributed by atoms with Crippen LogP contribution in [0.5, 0.6) is 0 Å². The third-order valence-corrected chi connectivity index (χ3v) is 7.35. The van der Waals surface area contributed by atoms with Crippen LogP contribution in [0.25, 0.3) is 0 Å². The summed E-state index contributed by atoms with van der Waals surface area (Å²) in [4.78, 5) is 23.9. The maximum absolute atomic E-state index is 11.9. The predicted molar refractivity (Wildman–Crippen MR) is 75.0 cm³/mol. The molecule has 0 unspecified atom stereocenters. The van der Waals surface area contributed by atoms with Crippen LogP contribution in [-0.2, 0) is 9.59 Å². The number of hydrogen-bond donors (Lipinski definition) is 2. The van der Waals surface area contributed by atoms with Crippen LogP contribution < -0.4 is 10.9 Å². The number of carbonyl (C=O) groups is 2. The topological polar surface area (TPSA) is 58.2 Å². The molecule has 0 spiro atoms. The standard InChI is InChI=1S/C10H13Br3N2O2/c1-8(3-5(8)11)6(16)14-15-7(17)9(2)4-10(9,12)13/h5H,3-4H2,1-2H3,(H,14,16)(H,15,17)/t5-,8+,9-/m1/s1. The Balaban J connectivity index is 1.84. The van der Waals surface area contributed by atoms with E-state index in [1.807, 2.05) is 13.8 Å². The van der Waals surface area contributed by atoms with E-state index in [1.165, 1.54) is 0 Å².